The van der Waals surface area contributed by atoms with E-state index in [4.69, 9.17) is 9.47 Å². The number of hydrogen-bond donors (Lipinski definition) is 2. The molecule has 176 valence electrons. The van der Waals surface area contributed by atoms with Crippen molar-refractivity contribution in [1.82, 2.24) is 15.5 Å². The lowest BCUT2D eigenvalue weighted by Gasteiger charge is -2.28. The lowest BCUT2D eigenvalue weighted by Crippen LogP contribution is -2.50. The molecule has 0 aromatic heterocycles. The summed E-state index contributed by atoms with van der Waals surface area (Å²) < 4.78 is 10.5. The molecule has 2 aromatic carbocycles. The van der Waals surface area contributed by atoms with Gasteiger partial charge in [0.15, 0.2) is 5.54 Å². The Morgan fingerprint density at radius 3 is 1.94 bits per heavy atom. The van der Waals surface area contributed by atoms with Crippen LogP contribution in [0.5, 0.6) is 11.5 Å². The smallest absolute Gasteiger partial charge is 0.326 e. The number of urea groups is 1. The number of amides is 4. The van der Waals surface area contributed by atoms with Gasteiger partial charge in [0.25, 0.3) is 5.91 Å². The zero-order valence-electron chi connectivity index (χ0n) is 19.1. The van der Waals surface area contributed by atoms with Gasteiger partial charge in [-0.05, 0) is 61.1 Å². The molecule has 0 unspecified atom stereocenters. The van der Waals surface area contributed by atoms with Gasteiger partial charge in [-0.3, -0.25) is 14.5 Å². The Kier molecular flexibility index (Phi) is 6.16. The standard InChI is InChI=1S/C25H26N4O5/c1-33-19-9-5-17(6-10-19)25(18-7-11-20(34-2)12-8-18)22(31)29(23(32)28-25)15-21(30)27-24(16-26)13-3-4-14-24/h5-12H,3-4,13-15H2,1-2H3,(H,27,30)(H,28,32). The fourth-order valence-corrected chi connectivity index (χ4v) is 4.65. The molecule has 2 aliphatic rings. The average Bonchev–Trinajstić information content (AvgIpc) is 3.43. The van der Waals surface area contributed by atoms with Crippen molar-refractivity contribution in [3.63, 3.8) is 0 Å². The van der Waals surface area contributed by atoms with Crippen LogP contribution in [0.2, 0.25) is 0 Å². The Balaban J connectivity index is 1.68. The second-order valence-electron chi connectivity index (χ2n) is 8.48. The molecular formula is C25H26N4O5. The normalized spacial score (nSPS) is 18.2. The maximum atomic E-state index is 13.8. The molecule has 2 aromatic rings. The second kappa shape index (κ2) is 9.06. The number of carbonyl (C=O) groups excluding carboxylic acids is 3. The average molecular weight is 463 g/mol. The van der Waals surface area contributed by atoms with Gasteiger partial charge in [-0.1, -0.05) is 24.3 Å². The van der Waals surface area contributed by atoms with E-state index in [1.807, 2.05) is 0 Å². The maximum Gasteiger partial charge on any atom is 0.326 e. The summed E-state index contributed by atoms with van der Waals surface area (Å²) in [6.45, 7) is -0.484. The summed E-state index contributed by atoms with van der Waals surface area (Å²) in [5.41, 5.74) is -1.44. The van der Waals surface area contributed by atoms with E-state index in [1.165, 1.54) is 14.2 Å². The van der Waals surface area contributed by atoms with Gasteiger partial charge >= 0.3 is 6.03 Å². The van der Waals surface area contributed by atoms with Crippen molar-refractivity contribution < 1.29 is 23.9 Å². The van der Waals surface area contributed by atoms with Crippen molar-refractivity contribution in [3.8, 4) is 17.6 Å². The van der Waals surface area contributed by atoms with Crippen LogP contribution in [-0.4, -0.2) is 49.0 Å². The number of nitrogens with one attached hydrogen (secondary N) is 2. The van der Waals surface area contributed by atoms with Crippen LogP contribution in [0.4, 0.5) is 4.79 Å². The molecule has 9 heteroatoms. The first-order valence-electron chi connectivity index (χ1n) is 11.0. The minimum atomic E-state index is -1.53. The van der Waals surface area contributed by atoms with Crippen LogP contribution in [0.15, 0.2) is 48.5 Å². The molecule has 34 heavy (non-hydrogen) atoms. The van der Waals surface area contributed by atoms with Crippen molar-refractivity contribution in [2.24, 2.45) is 0 Å². The predicted octanol–water partition coefficient (Wildman–Crippen LogP) is 2.45. The van der Waals surface area contributed by atoms with E-state index in [0.717, 1.165) is 17.7 Å². The van der Waals surface area contributed by atoms with E-state index in [-0.39, 0.29) is 0 Å². The highest BCUT2D eigenvalue weighted by molar-refractivity contribution is 6.11. The van der Waals surface area contributed by atoms with Gasteiger partial charge in [0.2, 0.25) is 5.91 Å². The molecule has 0 radical (unpaired) electrons. The summed E-state index contributed by atoms with van der Waals surface area (Å²) in [6, 6.07) is 15.1. The molecule has 0 spiro atoms. The highest BCUT2D eigenvalue weighted by Gasteiger charge is 2.54. The number of imide groups is 1. The van der Waals surface area contributed by atoms with E-state index in [0.29, 0.717) is 35.5 Å². The summed E-state index contributed by atoms with van der Waals surface area (Å²) in [4.78, 5) is 40.5. The van der Waals surface area contributed by atoms with Gasteiger partial charge in [0, 0.05) is 0 Å². The Morgan fingerprint density at radius 1 is 1.00 bits per heavy atom. The zero-order chi connectivity index (χ0) is 24.3. The van der Waals surface area contributed by atoms with Crippen LogP contribution in [0.3, 0.4) is 0 Å². The molecule has 2 fully saturated rings. The zero-order valence-corrected chi connectivity index (χ0v) is 19.1. The monoisotopic (exact) mass is 462 g/mol. The van der Waals surface area contributed by atoms with Crippen LogP contribution in [0.25, 0.3) is 0 Å². The molecule has 4 rings (SSSR count). The molecule has 9 nitrogen and oxygen atoms in total. The van der Waals surface area contributed by atoms with Gasteiger partial charge in [-0.2, -0.15) is 5.26 Å². The third-order valence-corrected chi connectivity index (χ3v) is 6.50. The predicted molar refractivity (Wildman–Crippen MR) is 122 cm³/mol. The van der Waals surface area contributed by atoms with Gasteiger partial charge in [0.1, 0.15) is 23.6 Å². The van der Waals surface area contributed by atoms with Crippen LogP contribution in [-0.2, 0) is 15.1 Å². The van der Waals surface area contributed by atoms with E-state index in [9.17, 15) is 19.6 Å². The largest absolute Gasteiger partial charge is 0.497 e. The third kappa shape index (κ3) is 3.92. The molecule has 1 heterocycles. The number of methoxy groups -OCH3 is 2. The number of rotatable bonds is 7. The van der Waals surface area contributed by atoms with E-state index in [2.05, 4.69) is 16.7 Å². The van der Waals surface area contributed by atoms with E-state index in [1.54, 1.807) is 48.5 Å². The van der Waals surface area contributed by atoms with Crippen LogP contribution < -0.4 is 20.1 Å². The van der Waals surface area contributed by atoms with Gasteiger partial charge in [-0.25, -0.2) is 4.79 Å². The first-order chi connectivity index (χ1) is 16.4. The Hall–Kier alpha value is -4.06. The molecule has 0 bridgehead atoms. The number of nitriles is 1. The van der Waals surface area contributed by atoms with Crippen LogP contribution in [0.1, 0.15) is 36.8 Å². The van der Waals surface area contributed by atoms with Crippen LogP contribution >= 0.6 is 0 Å². The lowest BCUT2D eigenvalue weighted by molar-refractivity contribution is -0.134. The van der Waals surface area contributed by atoms with Crippen molar-refractivity contribution in [2.45, 2.75) is 36.8 Å². The van der Waals surface area contributed by atoms with E-state index >= 15 is 0 Å². The molecule has 2 N–H and O–H groups in total. The molecule has 1 saturated carbocycles. The fourth-order valence-electron chi connectivity index (χ4n) is 4.65. The second-order valence-corrected chi connectivity index (χ2v) is 8.48. The minimum Gasteiger partial charge on any atom is -0.497 e. The number of nitrogens with zero attached hydrogens (tertiary/aromatic N) is 2. The Labute approximate surface area is 197 Å². The minimum absolute atomic E-state index is 0.484. The Morgan fingerprint density at radius 2 is 1.50 bits per heavy atom. The van der Waals surface area contributed by atoms with Crippen molar-refractivity contribution in [3.05, 3.63) is 59.7 Å². The fraction of sp³-hybridized carbons (Fsp3) is 0.360. The molecule has 4 amide bonds. The summed E-state index contributed by atoms with van der Waals surface area (Å²) in [6.07, 6.45) is 2.79. The number of hydrogen-bond acceptors (Lipinski definition) is 6. The molecule has 1 aliphatic carbocycles. The van der Waals surface area contributed by atoms with Gasteiger partial charge in [-0.15, -0.1) is 0 Å². The topological polar surface area (TPSA) is 121 Å². The lowest BCUT2D eigenvalue weighted by atomic mass is 9.82. The van der Waals surface area contributed by atoms with Crippen LogP contribution in [0, 0.1) is 11.3 Å². The quantitative estimate of drug-likeness (QED) is 0.610. The summed E-state index contributed by atoms with van der Waals surface area (Å²) in [5.74, 6) is 0.0626. The molecule has 1 saturated heterocycles. The number of benzene rings is 2. The van der Waals surface area contributed by atoms with Crippen molar-refractivity contribution in [1.29, 1.82) is 5.26 Å². The van der Waals surface area contributed by atoms with Crippen molar-refractivity contribution >= 4 is 17.8 Å². The third-order valence-electron chi connectivity index (χ3n) is 6.50. The highest BCUT2D eigenvalue weighted by atomic mass is 16.5. The first-order valence-corrected chi connectivity index (χ1v) is 11.0. The molecule has 1 aliphatic heterocycles. The Bertz CT molecular complexity index is 1080. The number of ether oxygens (including phenoxy) is 2. The van der Waals surface area contributed by atoms with E-state index < -0.39 is 35.5 Å². The molecular weight excluding hydrogens is 436 g/mol. The summed E-state index contributed by atoms with van der Waals surface area (Å²) >= 11 is 0. The number of carbonyl (C=O) groups is 3. The summed E-state index contributed by atoms with van der Waals surface area (Å²) in [7, 11) is 3.07. The maximum absolute atomic E-state index is 13.8. The van der Waals surface area contributed by atoms with Gasteiger partial charge < -0.3 is 20.1 Å². The first kappa shape index (κ1) is 23.1. The van der Waals surface area contributed by atoms with Gasteiger partial charge in [0.05, 0.1) is 20.3 Å². The van der Waals surface area contributed by atoms with Crippen molar-refractivity contribution in [2.75, 3.05) is 20.8 Å². The summed E-state index contributed by atoms with van der Waals surface area (Å²) in [5, 5.41) is 15.1. The highest BCUT2D eigenvalue weighted by Crippen LogP contribution is 2.37. The molecule has 0 atom stereocenters. The SMILES string of the molecule is COc1ccc(C2(c3ccc(OC)cc3)NC(=O)N(CC(=O)NC3(C#N)CCCC3)C2=O)cc1.